The van der Waals surface area contributed by atoms with E-state index >= 15 is 0 Å². The number of hydrogen-bond donors (Lipinski definition) is 2. The molecule has 0 bridgehead atoms. The summed E-state index contributed by atoms with van der Waals surface area (Å²) < 4.78 is 52.3. The zero-order valence-corrected chi connectivity index (χ0v) is 19.5. The Morgan fingerprint density at radius 3 is 2.50 bits per heavy atom. The summed E-state index contributed by atoms with van der Waals surface area (Å²) in [4.78, 5) is 22.9. The summed E-state index contributed by atoms with van der Waals surface area (Å²) in [6.45, 7) is 3.70. The van der Waals surface area contributed by atoms with Gasteiger partial charge in [-0.1, -0.05) is 0 Å². The van der Waals surface area contributed by atoms with Crippen LogP contribution in [0.15, 0.2) is 42.6 Å². The molecule has 190 valence electrons. The van der Waals surface area contributed by atoms with Gasteiger partial charge in [0, 0.05) is 35.9 Å². The molecule has 3 heterocycles. The number of halogens is 3. The van der Waals surface area contributed by atoms with Gasteiger partial charge >= 0.3 is 6.18 Å². The molecular formula is C25H26F3N5O3. The van der Waals surface area contributed by atoms with Crippen LogP contribution in [0, 0.1) is 0 Å². The lowest BCUT2D eigenvalue weighted by Crippen LogP contribution is -2.40. The predicted octanol–water partition coefficient (Wildman–Crippen LogP) is 4.00. The number of carbonyl (C=O) groups excluding carboxylic acids is 1. The molecule has 8 nitrogen and oxygen atoms in total. The van der Waals surface area contributed by atoms with Crippen molar-refractivity contribution in [1.29, 1.82) is 0 Å². The van der Waals surface area contributed by atoms with Crippen LogP contribution in [0.25, 0.3) is 10.9 Å². The fourth-order valence-corrected chi connectivity index (χ4v) is 4.36. The first-order valence-electron chi connectivity index (χ1n) is 11.9. The van der Waals surface area contributed by atoms with Crippen molar-refractivity contribution < 1.29 is 27.4 Å². The molecule has 1 aromatic heterocycles. The molecule has 2 aromatic carbocycles. The molecule has 2 N–H and O–H groups in total. The van der Waals surface area contributed by atoms with E-state index in [0.29, 0.717) is 43.3 Å². The number of ether oxygens (including phenoxy) is 2. The maximum Gasteiger partial charge on any atom is 0.417 e. The Labute approximate surface area is 205 Å². The van der Waals surface area contributed by atoms with Crippen LogP contribution in [0.2, 0.25) is 0 Å². The van der Waals surface area contributed by atoms with Crippen molar-refractivity contribution >= 4 is 28.4 Å². The summed E-state index contributed by atoms with van der Waals surface area (Å²) in [6.07, 6.45) is -1.97. The molecule has 2 aliphatic rings. The third kappa shape index (κ3) is 5.36. The van der Waals surface area contributed by atoms with E-state index in [-0.39, 0.29) is 28.9 Å². The number of nitrogens with one attached hydrogen (secondary N) is 2. The summed E-state index contributed by atoms with van der Waals surface area (Å²) in [5.41, 5.74) is 0.419. The molecular weight excluding hydrogens is 475 g/mol. The molecule has 36 heavy (non-hydrogen) atoms. The molecule has 0 aliphatic carbocycles. The first-order valence-corrected chi connectivity index (χ1v) is 11.9. The molecule has 3 aromatic rings. The van der Waals surface area contributed by atoms with Gasteiger partial charge in [-0.2, -0.15) is 13.2 Å². The Balaban J connectivity index is 1.40. The Hall–Kier alpha value is -3.44. The first-order chi connectivity index (χ1) is 17.4. The highest BCUT2D eigenvalue weighted by Crippen LogP contribution is 2.38. The van der Waals surface area contributed by atoms with Gasteiger partial charge in [-0.05, 0) is 62.3 Å². The fraction of sp³-hybridized carbons (Fsp3) is 0.400. The summed E-state index contributed by atoms with van der Waals surface area (Å²) in [7, 11) is 0. The minimum atomic E-state index is -4.55. The number of hydrogen-bond acceptors (Lipinski definition) is 7. The van der Waals surface area contributed by atoms with Gasteiger partial charge in [0.1, 0.15) is 17.4 Å². The zero-order chi connectivity index (χ0) is 25.1. The van der Waals surface area contributed by atoms with E-state index in [1.54, 1.807) is 29.2 Å². The third-order valence-electron chi connectivity index (χ3n) is 6.29. The van der Waals surface area contributed by atoms with Gasteiger partial charge in [0.25, 0.3) is 5.91 Å². The standard InChI is InChI=1S/C25H26F3N5O3/c26-25(27,28)20-5-6-21(36-18-7-9-29-10-8-18)22-19(20)15-30-24(32-22)31-17-3-1-16(2-4-17)23(34)33-11-13-35-14-12-33/h1-6,15,18,29H,7-14H2,(H,30,31,32). The Morgan fingerprint density at radius 1 is 1.08 bits per heavy atom. The average Bonchev–Trinajstić information content (AvgIpc) is 2.89. The molecule has 0 atom stereocenters. The average molecular weight is 502 g/mol. The van der Waals surface area contributed by atoms with E-state index in [1.165, 1.54) is 12.3 Å². The number of benzene rings is 2. The summed E-state index contributed by atoms with van der Waals surface area (Å²) in [5, 5.41) is 6.14. The molecule has 2 saturated heterocycles. The van der Waals surface area contributed by atoms with Gasteiger partial charge in [0.05, 0.1) is 18.8 Å². The number of amides is 1. The highest BCUT2D eigenvalue weighted by Gasteiger charge is 2.34. The van der Waals surface area contributed by atoms with Crippen molar-refractivity contribution in [3.8, 4) is 5.75 Å². The second-order valence-electron chi connectivity index (χ2n) is 8.74. The molecule has 11 heteroatoms. The molecule has 1 amide bonds. The largest absolute Gasteiger partial charge is 0.488 e. The van der Waals surface area contributed by atoms with Crippen molar-refractivity contribution in [2.75, 3.05) is 44.7 Å². The quantitative estimate of drug-likeness (QED) is 0.547. The van der Waals surface area contributed by atoms with Gasteiger partial charge in [0.15, 0.2) is 0 Å². The van der Waals surface area contributed by atoms with Crippen LogP contribution in [-0.2, 0) is 10.9 Å². The molecule has 5 rings (SSSR count). The molecule has 2 fully saturated rings. The maximum atomic E-state index is 13.6. The van der Waals surface area contributed by atoms with Crippen LogP contribution in [-0.4, -0.2) is 66.3 Å². The lowest BCUT2D eigenvalue weighted by atomic mass is 10.1. The van der Waals surface area contributed by atoms with Crippen molar-refractivity contribution in [2.45, 2.75) is 25.1 Å². The van der Waals surface area contributed by atoms with E-state index < -0.39 is 11.7 Å². The van der Waals surface area contributed by atoms with Crippen LogP contribution in [0.5, 0.6) is 5.75 Å². The minimum absolute atomic E-state index is 0.0776. The van der Waals surface area contributed by atoms with Crippen molar-refractivity contribution in [2.24, 2.45) is 0 Å². The van der Waals surface area contributed by atoms with Crippen LogP contribution in [0.4, 0.5) is 24.8 Å². The van der Waals surface area contributed by atoms with E-state index in [9.17, 15) is 18.0 Å². The fourth-order valence-electron chi connectivity index (χ4n) is 4.36. The number of anilines is 2. The van der Waals surface area contributed by atoms with Crippen molar-refractivity contribution in [3.05, 3.63) is 53.7 Å². The number of carbonyl (C=O) groups is 1. The highest BCUT2D eigenvalue weighted by molar-refractivity contribution is 5.94. The lowest BCUT2D eigenvalue weighted by Gasteiger charge is -2.26. The zero-order valence-electron chi connectivity index (χ0n) is 19.5. The summed E-state index contributed by atoms with van der Waals surface area (Å²) in [5.74, 6) is 0.345. The number of piperidine rings is 1. The normalized spacial score (nSPS) is 17.2. The van der Waals surface area contributed by atoms with Gasteiger partial charge in [0.2, 0.25) is 5.95 Å². The van der Waals surface area contributed by atoms with E-state index in [0.717, 1.165) is 32.0 Å². The smallest absolute Gasteiger partial charge is 0.417 e. The van der Waals surface area contributed by atoms with Crippen LogP contribution in [0.3, 0.4) is 0 Å². The lowest BCUT2D eigenvalue weighted by molar-refractivity contribution is -0.136. The second-order valence-corrected chi connectivity index (χ2v) is 8.74. The van der Waals surface area contributed by atoms with Gasteiger partial charge in [-0.3, -0.25) is 4.79 Å². The van der Waals surface area contributed by atoms with Gasteiger partial charge in [-0.15, -0.1) is 0 Å². The van der Waals surface area contributed by atoms with E-state index in [2.05, 4.69) is 20.6 Å². The number of morpholine rings is 1. The predicted molar refractivity (Wildman–Crippen MR) is 128 cm³/mol. The van der Waals surface area contributed by atoms with Gasteiger partial charge < -0.3 is 25.0 Å². The second kappa shape index (κ2) is 10.3. The topological polar surface area (TPSA) is 88.6 Å². The van der Waals surface area contributed by atoms with E-state index in [4.69, 9.17) is 9.47 Å². The Kier molecular flexibility index (Phi) is 6.92. The SMILES string of the molecule is O=C(c1ccc(Nc2ncc3c(C(F)(F)F)ccc(OC4CCNCC4)c3n2)cc1)N1CCOCC1. The monoisotopic (exact) mass is 501 g/mol. The minimum Gasteiger partial charge on any atom is -0.488 e. The number of rotatable bonds is 5. The summed E-state index contributed by atoms with van der Waals surface area (Å²) in [6, 6.07) is 9.14. The van der Waals surface area contributed by atoms with Crippen LogP contribution >= 0.6 is 0 Å². The van der Waals surface area contributed by atoms with Crippen LogP contribution < -0.4 is 15.4 Å². The van der Waals surface area contributed by atoms with Crippen molar-refractivity contribution in [3.63, 3.8) is 0 Å². The maximum absolute atomic E-state index is 13.6. The Morgan fingerprint density at radius 2 is 1.81 bits per heavy atom. The summed E-state index contributed by atoms with van der Waals surface area (Å²) >= 11 is 0. The first kappa shape index (κ1) is 24.3. The molecule has 0 unspecified atom stereocenters. The number of alkyl halides is 3. The Bertz CT molecular complexity index is 1220. The van der Waals surface area contributed by atoms with Crippen molar-refractivity contribution in [1.82, 2.24) is 20.2 Å². The molecule has 2 aliphatic heterocycles. The molecule has 0 spiro atoms. The number of nitrogens with zero attached hydrogens (tertiary/aromatic N) is 3. The number of aromatic nitrogens is 2. The highest BCUT2D eigenvalue weighted by atomic mass is 19.4. The van der Waals surface area contributed by atoms with E-state index in [1.807, 2.05) is 0 Å². The molecule has 0 radical (unpaired) electrons. The van der Waals surface area contributed by atoms with Crippen LogP contribution in [0.1, 0.15) is 28.8 Å². The number of fused-ring (bicyclic) bond motifs is 1. The van der Waals surface area contributed by atoms with Gasteiger partial charge in [-0.25, -0.2) is 9.97 Å². The third-order valence-corrected chi connectivity index (χ3v) is 6.29. The molecule has 0 saturated carbocycles.